The Morgan fingerprint density at radius 2 is 2.28 bits per heavy atom. The lowest BCUT2D eigenvalue weighted by atomic mass is 10.0. The molecule has 0 saturated heterocycles. The van der Waals surface area contributed by atoms with E-state index in [1.165, 1.54) is 0 Å². The van der Waals surface area contributed by atoms with E-state index in [0.29, 0.717) is 10.8 Å². The fourth-order valence-electron chi connectivity index (χ4n) is 1.82. The van der Waals surface area contributed by atoms with Gasteiger partial charge in [0.25, 0.3) is 0 Å². The molecular weight excluding hydrogens is 254 g/mol. The van der Waals surface area contributed by atoms with Crippen LogP contribution in [-0.4, -0.2) is 22.1 Å². The van der Waals surface area contributed by atoms with E-state index in [1.807, 2.05) is 6.07 Å². The number of hydrogen-bond acceptors (Lipinski definition) is 5. The largest absolute Gasteiger partial charge is 0.496 e. The summed E-state index contributed by atoms with van der Waals surface area (Å²) in [6.45, 7) is 0. The predicted octanol–water partition coefficient (Wildman–Crippen LogP) is 1.03. The van der Waals surface area contributed by atoms with Gasteiger partial charge < -0.3 is 4.74 Å². The van der Waals surface area contributed by atoms with Crippen molar-refractivity contribution in [2.75, 3.05) is 7.11 Å². The van der Waals surface area contributed by atoms with Crippen molar-refractivity contribution in [3.63, 3.8) is 0 Å². The van der Waals surface area contributed by atoms with Gasteiger partial charge in [-0.05, 0) is 12.1 Å². The number of methoxy groups -OCH3 is 1. The Hall–Kier alpha value is -1.63. The highest BCUT2D eigenvalue weighted by atomic mass is 35.5. The van der Waals surface area contributed by atoms with Crippen molar-refractivity contribution in [1.29, 1.82) is 0 Å². The molecule has 96 valence electrons. The molecule has 1 aromatic heterocycles. The molecule has 1 atom stereocenters. The van der Waals surface area contributed by atoms with Crippen molar-refractivity contribution in [2.24, 2.45) is 12.9 Å². The number of nitrogens with zero attached hydrogens (tertiary/aromatic N) is 3. The lowest BCUT2D eigenvalue weighted by Crippen LogP contribution is -2.30. The van der Waals surface area contributed by atoms with E-state index >= 15 is 0 Å². The lowest BCUT2D eigenvalue weighted by Gasteiger charge is -2.18. The zero-order valence-electron chi connectivity index (χ0n) is 10.1. The van der Waals surface area contributed by atoms with E-state index in [-0.39, 0.29) is 6.04 Å². The second-order valence-corrected chi connectivity index (χ2v) is 4.20. The third-order valence-corrected chi connectivity index (χ3v) is 2.95. The predicted molar refractivity (Wildman–Crippen MR) is 68.2 cm³/mol. The number of nitrogens with one attached hydrogen (secondary N) is 1. The SMILES string of the molecule is COc1cc(Cl)ccc1C(NN)c1cnnn1C. The van der Waals surface area contributed by atoms with E-state index in [4.69, 9.17) is 22.2 Å². The zero-order valence-corrected chi connectivity index (χ0v) is 10.8. The summed E-state index contributed by atoms with van der Waals surface area (Å²) in [5, 5.41) is 8.33. The molecule has 0 spiro atoms. The Morgan fingerprint density at radius 1 is 1.50 bits per heavy atom. The molecule has 6 nitrogen and oxygen atoms in total. The monoisotopic (exact) mass is 267 g/mol. The third kappa shape index (κ3) is 2.31. The van der Waals surface area contributed by atoms with Crippen LogP contribution in [0.4, 0.5) is 0 Å². The van der Waals surface area contributed by atoms with Gasteiger partial charge in [0.15, 0.2) is 0 Å². The summed E-state index contributed by atoms with van der Waals surface area (Å²) in [6.07, 6.45) is 1.65. The fraction of sp³-hybridized carbons (Fsp3) is 0.273. The Balaban J connectivity index is 2.48. The smallest absolute Gasteiger partial charge is 0.125 e. The number of halogens is 1. The second-order valence-electron chi connectivity index (χ2n) is 3.77. The van der Waals surface area contributed by atoms with Gasteiger partial charge in [0.2, 0.25) is 0 Å². The molecule has 1 heterocycles. The number of aromatic nitrogens is 3. The summed E-state index contributed by atoms with van der Waals surface area (Å²) in [5.74, 6) is 6.28. The zero-order chi connectivity index (χ0) is 13.1. The van der Waals surface area contributed by atoms with Crippen molar-refractivity contribution >= 4 is 11.6 Å². The number of hydrogen-bond donors (Lipinski definition) is 2. The Morgan fingerprint density at radius 3 is 2.83 bits per heavy atom. The van der Waals surface area contributed by atoms with Crippen LogP contribution in [0.5, 0.6) is 5.75 Å². The minimum atomic E-state index is -0.266. The van der Waals surface area contributed by atoms with Crippen LogP contribution in [0.15, 0.2) is 24.4 Å². The summed E-state index contributed by atoms with van der Waals surface area (Å²) >= 11 is 5.94. The van der Waals surface area contributed by atoms with Gasteiger partial charge >= 0.3 is 0 Å². The summed E-state index contributed by atoms with van der Waals surface area (Å²) in [6, 6.07) is 5.12. The molecule has 1 aromatic carbocycles. The highest BCUT2D eigenvalue weighted by Crippen LogP contribution is 2.31. The maximum absolute atomic E-state index is 5.94. The summed E-state index contributed by atoms with van der Waals surface area (Å²) in [7, 11) is 3.39. The van der Waals surface area contributed by atoms with Gasteiger partial charge in [0, 0.05) is 17.6 Å². The molecule has 2 rings (SSSR count). The van der Waals surface area contributed by atoms with Crippen LogP contribution in [-0.2, 0) is 7.05 Å². The van der Waals surface area contributed by atoms with Crippen molar-refractivity contribution in [3.8, 4) is 5.75 Å². The Kier molecular flexibility index (Phi) is 3.81. The van der Waals surface area contributed by atoms with Crippen molar-refractivity contribution in [1.82, 2.24) is 20.4 Å². The highest BCUT2D eigenvalue weighted by molar-refractivity contribution is 6.30. The second kappa shape index (κ2) is 5.34. The minimum absolute atomic E-state index is 0.266. The van der Waals surface area contributed by atoms with Gasteiger partial charge in [-0.2, -0.15) is 0 Å². The van der Waals surface area contributed by atoms with Crippen molar-refractivity contribution in [2.45, 2.75) is 6.04 Å². The van der Waals surface area contributed by atoms with Gasteiger partial charge in [-0.1, -0.05) is 22.9 Å². The third-order valence-electron chi connectivity index (χ3n) is 2.72. The van der Waals surface area contributed by atoms with Crippen LogP contribution in [0.1, 0.15) is 17.3 Å². The van der Waals surface area contributed by atoms with Crippen LogP contribution >= 0.6 is 11.6 Å². The average Bonchev–Trinajstić information content (AvgIpc) is 2.78. The molecule has 0 saturated carbocycles. The molecule has 0 bridgehead atoms. The van der Waals surface area contributed by atoms with Crippen LogP contribution in [0.25, 0.3) is 0 Å². The first-order chi connectivity index (χ1) is 8.67. The van der Waals surface area contributed by atoms with E-state index in [9.17, 15) is 0 Å². The molecule has 0 aliphatic rings. The average molecular weight is 268 g/mol. The minimum Gasteiger partial charge on any atom is -0.496 e. The molecule has 0 radical (unpaired) electrons. The van der Waals surface area contributed by atoms with E-state index in [0.717, 1.165) is 11.3 Å². The fourth-order valence-corrected chi connectivity index (χ4v) is 1.98. The molecule has 0 amide bonds. The number of nitrogens with two attached hydrogens (primary N) is 1. The first-order valence-corrected chi connectivity index (χ1v) is 5.69. The van der Waals surface area contributed by atoms with Crippen LogP contribution in [0.3, 0.4) is 0 Å². The normalized spacial score (nSPS) is 12.4. The van der Waals surface area contributed by atoms with Gasteiger partial charge in [-0.15, -0.1) is 5.10 Å². The molecule has 18 heavy (non-hydrogen) atoms. The van der Waals surface area contributed by atoms with Gasteiger partial charge in [0.1, 0.15) is 5.75 Å². The standard InChI is InChI=1S/C11H14ClN5O/c1-17-9(6-14-16-17)11(15-13)8-4-3-7(12)5-10(8)18-2/h3-6,11,15H,13H2,1-2H3. The van der Waals surface area contributed by atoms with Crippen molar-refractivity contribution < 1.29 is 4.74 Å². The van der Waals surface area contributed by atoms with Gasteiger partial charge in [0.05, 0.1) is 25.0 Å². The van der Waals surface area contributed by atoms with E-state index in [1.54, 1.807) is 37.2 Å². The van der Waals surface area contributed by atoms with Crippen LogP contribution in [0.2, 0.25) is 5.02 Å². The number of ether oxygens (including phenoxy) is 1. The lowest BCUT2D eigenvalue weighted by molar-refractivity contribution is 0.402. The molecule has 0 aliphatic carbocycles. The topological polar surface area (TPSA) is 78.0 Å². The number of benzene rings is 1. The molecule has 0 fully saturated rings. The Bertz CT molecular complexity index is 542. The molecule has 1 unspecified atom stereocenters. The first-order valence-electron chi connectivity index (χ1n) is 5.31. The molecular formula is C11H14ClN5O. The first kappa shape index (κ1) is 12.8. The van der Waals surface area contributed by atoms with E-state index < -0.39 is 0 Å². The molecule has 7 heteroatoms. The number of aryl methyl sites for hydroxylation is 1. The summed E-state index contributed by atoms with van der Waals surface area (Å²) in [5.41, 5.74) is 4.43. The quantitative estimate of drug-likeness (QED) is 0.639. The maximum atomic E-state index is 5.94. The van der Waals surface area contributed by atoms with Crippen molar-refractivity contribution in [3.05, 3.63) is 40.7 Å². The summed E-state index contributed by atoms with van der Waals surface area (Å²) in [4.78, 5) is 0. The Labute approximate surface area is 110 Å². The molecule has 0 aliphatic heterocycles. The van der Waals surface area contributed by atoms with E-state index in [2.05, 4.69) is 15.7 Å². The van der Waals surface area contributed by atoms with Gasteiger partial charge in [-0.3, -0.25) is 10.5 Å². The maximum Gasteiger partial charge on any atom is 0.125 e. The number of hydrazine groups is 1. The number of rotatable bonds is 4. The van der Waals surface area contributed by atoms with Crippen LogP contribution in [0, 0.1) is 0 Å². The molecule has 2 aromatic rings. The highest BCUT2D eigenvalue weighted by Gasteiger charge is 2.20. The molecule has 3 N–H and O–H groups in total. The summed E-state index contributed by atoms with van der Waals surface area (Å²) < 4.78 is 6.97. The van der Waals surface area contributed by atoms with Crippen LogP contribution < -0.4 is 16.0 Å². The van der Waals surface area contributed by atoms with Gasteiger partial charge in [-0.25, -0.2) is 5.43 Å².